The van der Waals surface area contributed by atoms with Crippen molar-refractivity contribution in [3.8, 4) is 0 Å². The summed E-state index contributed by atoms with van der Waals surface area (Å²) in [5.74, 6) is 17.0. The van der Waals surface area contributed by atoms with Crippen molar-refractivity contribution >= 4 is 0 Å². The first-order valence-electron chi connectivity index (χ1n) is 44.8. The van der Waals surface area contributed by atoms with Gasteiger partial charge in [0.2, 0.25) is 0 Å². The van der Waals surface area contributed by atoms with Gasteiger partial charge in [0, 0.05) is 0 Å². The molecule has 592 valence electrons. The second kappa shape index (κ2) is 82.3. The van der Waals surface area contributed by atoms with Crippen molar-refractivity contribution in [3.05, 3.63) is 0 Å². The van der Waals surface area contributed by atoms with E-state index in [0.717, 1.165) is 107 Å². The average Bonchev–Trinajstić information content (AvgIpc) is 1.86. The van der Waals surface area contributed by atoms with Crippen molar-refractivity contribution in [3.63, 3.8) is 0 Å². The van der Waals surface area contributed by atoms with Gasteiger partial charge >= 0.3 is 0 Å². The van der Waals surface area contributed by atoms with Crippen LogP contribution < -0.4 is 0 Å². The molecule has 0 aromatic rings. The van der Waals surface area contributed by atoms with E-state index in [1.165, 1.54) is 263 Å². The lowest BCUT2D eigenvalue weighted by molar-refractivity contribution is 0.235. The van der Waals surface area contributed by atoms with Crippen LogP contribution in [0.5, 0.6) is 0 Å². The van der Waals surface area contributed by atoms with Crippen LogP contribution in [0.15, 0.2) is 0 Å². The Morgan fingerprint density at radius 3 is 0.635 bits per heavy atom. The highest BCUT2D eigenvalue weighted by Gasteiger charge is 2.24. The van der Waals surface area contributed by atoms with Crippen molar-refractivity contribution in [2.24, 2.45) is 112 Å². The summed E-state index contributed by atoms with van der Waals surface area (Å²) >= 11 is 0. The summed E-state index contributed by atoms with van der Waals surface area (Å²) in [6.07, 6.45) is 58.5. The summed E-state index contributed by atoms with van der Waals surface area (Å²) in [5, 5.41) is 0. The number of unbranched alkanes of at least 4 members (excludes halogenated alkanes) is 12. The summed E-state index contributed by atoms with van der Waals surface area (Å²) < 4.78 is 0. The molecule has 0 unspecified atom stereocenters. The second-order valence-corrected chi connectivity index (χ2v) is 38.1. The molecule has 0 bridgehead atoms. The molecule has 0 N–H and O–H groups in total. The van der Waals surface area contributed by atoms with Crippen LogP contribution in [-0.4, -0.2) is 0 Å². The van der Waals surface area contributed by atoms with Crippen LogP contribution in [0.1, 0.15) is 513 Å². The van der Waals surface area contributed by atoms with Crippen molar-refractivity contribution in [2.75, 3.05) is 0 Å². The van der Waals surface area contributed by atoms with E-state index in [9.17, 15) is 0 Å². The third kappa shape index (κ3) is 118. The number of hydrogen-bond donors (Lipinski definition) is 0. The summed E-state index contributed by atoms with van der Waals surface area (Å²) in [6.45, 7) is 82.7. The molecule has 3 aliphatic carbocycles. The summed E-state index contributed by atoms with van der Waals surface area (Å²) in [7, 11) is 0. The third-order valence-electron chi connectivity index (χ3n) is 20.3. The highest BCUT2D eigenvalue weighted by Crippen LogP contribution is 2.36. The maximum Gasteiger partial charge on any atom is -0.0383 e. The Hall–Kier alpha value is 0. The average molecular weight is 1360 g/mol. The van der Waals surface area contributed by atoms with Gasteiger partial charge in [0.15, 0.2) is 0 Å². The Bertz CT molecular complexity index is 1270. The largest absolute Gasteiger partial charge is 0.0654 e. The van der Waals surface area contributed by atoms with Crippen molar-refractivity contribution in [2.45, 2.75) is 513 Å². The monoisotopic (exact) mass is 1360 g/mol. The minimum Gasteiger partial charge on any atom is -0.0654 e. The van der Waals surface area contributed by atoms with Gasteiger partial charge in [-0.3, -0.25) is 0 Å². The highest BCUT2D eigenvalue weighted by molar-refractivity contribution is 4.75. The molecule has 3 fully saturated rings. The fourth-order valence-corrected chi connectivity index (χ4v) is 11.8. The van der Waals surface area contributed by atoms with Crippen LogP contribution in [-0.2, 0) is 0 Å². The maximum atomic E-state index is 2.34. The zero-order valence-electron chi connectivity index (χ0n) is 75.9. The van der Waals surface area contributed by atoms with E-state index in [1.807, 2.05) is 0 Å². The van der Waals surface area contributed by atoms with Crippen LogP contribution >= 0.6 is 0 Å². The summed E-state index contributed by atoms with van der Waals surface area (Å²) in [6, 6.07) is 0. The topological polar surface area (TPSA) is 0 Å². The van der Waals surface area contributed by atoms with E-state index >= 15 is 0 Å². The Kier molecular flexibility index (Phi) is 95.9. The Balaban J connectivity index is -0.000000148. The van der Waals surface area contributed by atoms with E-state index < -0.39 is 0 Å². The summed E-state index contributed by atoms with van der Waals surface area (Å²) in [5.41, 5.74) is 0.532. The molecule has 0 spiro atoms. The Labute approximate surface area is 620 Å². The van der Waals surface area contributed by atoms with Crippen molar-refractivity contribution in [1.29, 1.82) is 0 Å². The van der Waals surface area contributed by atoms with E-state index in [2.05, 4.69) is 249 Å². The molecule has 0 saturated heterocycles. The fourth-order valence-electron chi connectivity index (χ4n) is 11.8. The fraction of sp³-hybridized carbons (Fsp3) is 1.00. The normalized spacial score (nSPS) is 13.8. The molecule has 3 rings (SSSR count). The van der Waals surface area contributed by atoms with Gasteiger partial charge in [0.25, 0.3) is 0 Å². The lowest BCUT2D eigenvalue weighted by Crippen LogP contribution is -2.16. The predicted octanol–water partition coefficient (Wildman–Crippen LogP) is 36.7. The van der Waals surface area contributed by atoms with E-state index in [1.54, 1.807) is 0 Å². The predicted molar refractivity (Wildman–Crippen MR) is 459 cm³/mol. The molecule has 0 atom stereocenters. The lowest BCUT2D eigenvalue weighted by Gasteiger charge is -2.28. The zero-order chi connectivity index (χ0) is 75.9. The van der Waals surface area contributed by atoms with Crippen molar-refractivity contribution < 1.29 is 0 Å². The quantitative estimate of drug-likeness (QED) is 0.0538. The van der Waals surface area contributed by atoms with Crippen LogP contribution in [0.25, 0.3) is 0 Å². The van der Waals surface area contributed by atoms with E-state index in [0.29, 0.717) is 5.41 Å². The van der Waals surface area contributed by atoms with Gasteiger partial charge in [0.1, 0.15) is 0 Å². The SMILES string of the molecule is CC(C)C1CC1.CC(C)C1CCC1.CC(C)C1CCCC1.CC(C)CCC(C)(C)C.CC(C)CCC(C)C.CC(C)CCCCC(C)C.CCC(CC)CC(C)C.CCC(CC)CCC(C)C.CCCCCC(C)C.CCCCCCCC(C)C.CCCCCCCCC(C)C. The van der Waals surface area contributed by atoms with Crippen LogP contribution in [0, 0.1) is 112 Å². The van der Waals surface area contributed by atoms with Gasteiger partial charge < -0.3 is 0 Å². The molecular formula is C96H208. The lowest BCUT2D eigenvalue weighted by atomic mass is 9.78. The van der Waals surface area contributed by atoms with E-state index in [4.69, 9.17) is 0 Å². The van der Waals surface area contributed by atoms with Gasteiger partial charge in [-0.1, -0.05) is 487 Å². The van der Waals surface area contributed by atoms with Crippen LogP contribution in [0.3, 0.4) is 0 Å². The van der Waals surface area contributed by atoms with Gasteiger partial charge in [-0.05, 0) is 138 Å². The molecule has 3 aliphatic rings. The van der Waals surface area contributed by atoms with Crippen LogP contribution in [0.4, 0.5) is 0 Å². The third-order valence-corrected chi connectivity index (χ3v) is 20.3. The molecule has 0 heterocycles. The molecule has 0 amide bonds. The van der Waals surface area contributed by atoms with Gasteiger partial charge in [-0.2, -0.15) is 0 Å². The maximum absolute atomic E-state index is 2.34. The van der Waals surface area contributed by atoms with E-state index in [-0.39, 0.29) is 0 Å². The standard InChI is InChI=1S/C11H24.3C10H22.2C9H20.C8H16.2C8H18.C7H14.C6H12/c1-4-5-6-7-8-9-10-11(2)3;1-9(2)7-5-6-8-10(3)4;1-5-10(6-2)8-7-9(3)4;1-4-5-6-7-8-9-10(2)3;1-8(2)6-7-9(3,4)5;1-5-9(6-2)7-8(3)4;1-7(2)8-5-3-4-6-8;1-7(2)5-6-8(3)4;1-4-5-6-7-8(2)3;1-6(2)7-4-3-5-7;1-5(2)6-3-4-6/h11H,4-10H2,1-3H3;2*9-10H,5-8H2,1-4H3;10H,4-9H2,1-3H3;8H,6-7H2,1-5H3;8-9H,5-7H2,1-4H3;7-8H,3-6H2,1-2H3;7-8H,5-6H2,1-4H3;8H,4-7H2,1-3H3;6-7H,3-5H2,1-2H3;5-6H,3-4H2,1-2H3. The van der Waals surface area contributed by atoms with Gasteiger partial charge in [-0.25, -0.2) is 0 Å². The van der Waals surface area contributed by atoms with Gasteiger partial charge in [-0.15, -0.1) is 0 Å². The number of hydrogen-bond acceptors (Lipinski definition) is 0. The molecule has 0 heteroatoms. The van der Waals surface area contributed by atoms with Gasteiger partial charge in [0.05, 0.1) is 0 Å². The molecular weight excluding hydrogens is 1150 g/mol. The smallest absolute Gasteiger partial charge is 0.0383 e. The number of rotatable bonds is 39. The molecule has 3 saturated carbocycles. The molecule has 0 aromatic carbocycles. The van der Waals surface area contributed by atoms with Crippen LogP contribution in [0.2, 0.25) is 0 Å². The molecule has 96 heavy (non-hydrogen) atoms. The highest BCUT2D eigenvalue weighted by atomic mass is 14.3. The molecule has 0 aromatic heterocycles. The zero-order valence-corrected chi connectivity index (χ0v) is 75.9. The molecule has 0 nitrogen and oxygen atoms in total. The first-order valence-corrected chi connectivity index (χ1v) is 44.8. The molecule has 0 radical (unpaired) electrons. The first-order chi connectivity index (χ1) is 44.8. The Morgan fingerprint density at radius 2 is 0.458 bits per heavy atom. The Morgan fingerprint density at radius 1 is 0.229 bits per heavy atom. The minimum atomic E-state index is 0.532. The minimum absolute atomic E-state index is 0.532. The second-order valence-electron chi connectivity index (χ2n) is 38.1. The first kappa shape index (κ1) is 112. The molecule has 0 aliphatic heterocycles. The summed E-state index contributed by atoms with van der Waals surface area (Å²) in [4.78, 5) is 0. The van der Waals surface area contributed by atoms with Crippen molar-refractivity contribution in [1.82, 2.24) is 0 Å².